The number of nitrogens with one attached hydrogen (secondary N) is 1. The molecule has 0 unspecified atom stereocenters. The van der Waals surface area contributed by atoms with E-state index in [1.165, 1.54) is 31.4 Å². The van der Waals surface area contributed by atoms with E-state index in [0.29, 0.717) is 11.1 Å². The van der Waals surface area contributed by atoms with Crippen molar-refractivity contribution in [1.82, 2.24) is 0 Å². The van der Waals surface area contributed by atoms with Crippen molar-refractivity contribution < 1.29 is 22.3 Å². The van der Waals surface area contributed by atoms with Crippen LogP contribution in [0.1, 0.15) is 11.1 Å². The molecule has 0 aromatic heterocycles. The summed E-state index contributed by atoms with van der Waals surface area (Å²) in [4.78, 5) is 10.8. The Kier molecular flexibility index (Phi) is 5.00. The number of carbonyl (C=O) groups is 1. The van der Waals surface area contributed by atoms with Gasteiger partial charge < -0.3 is 4.74 Å². The monoisotopic (exact) mass is 337 g/mol. The van der Waals surface area contributed by atoms with Crippen molar-refractivity contribution >= 4 is 21.7 Å². The van der Waals surface area contributed by atoms with E-state index in [0.717, 1.165) is 6.07 Å². The van der Waals surface area contributed by atoms with Gasteiger partial charge in [-0.05, 0) is 42.3 Å². The second kappa shape index (κ2) is 6.78. The summed E-state index contributed by atoms with van der Waals surface area (Å²) in [6, 6.07) is 10.1. The molecule has 0 saturated carbocycles. The molecule has 0 atom stereocenters. The van der Waals surface area contributed by atoms with Gasteiger partial charge in [0, 0.05) is 5.69 Å². The molecule has 0 spiro atoms. The predicted molar refractivity (Wildman–Crippen MR) is 84.1 cm³/mol. The fourth-order valence-corrected chi connectivity index (χ4v) is 3.18. The van der Waals surface area contributed by atoms with E-state index >= 15 is 0 Å². The molecule has 2 aromatic carbocycles. The lowest BCUT2D eigenvalue weighted by Crippen LogP contribution is -2.15. The van der Waals surface area contributed by atoms with Crippen LogP contribution >= 0.6 is 0 Å². The Morgan fingerprint density at radius 2 is 1.83 bits per heavy atom. The molecule has 0 aliphatic rings. The van der Waals surface area contributed by atoms with Crippen LogP contribution in [0, 0.1) is 12.7 Å². The van der Waals surface area contributed by atoms with Crippen LogP contribution in [0.5, 0.6) is 0 Å². The third-order valence-electron chi connectivity index (χ3n) is 3.16. The molecular formula is C16H16FNO4S. The van der Waals surface area contributed by atoms with Crippen LogP contribution in [-0.2, 0) is 26.0 Å². The predicted octanol–water partition coefficient (Wildman–Crippen LogP) is 2.65. The number of hydrogen-bond acceptors (Lipinski definition) is 4. The smallest absolute Gasteiger partial charge is 0.309 e. The zero-order valence-electron chi connectivity index (χ0n) is 12.7. The Balaban J connectivity index is 2.20. The quantitative estimate of drug-likeness (QED) is 0.852. The Morgan fingerprint density at radius 1 is 1.17 bits per heavy atom. The molecule has 0 saturated heterocycles. The standard InChI is InChI=1S/C16H16FNO4S/c1-11-3-8-14(17)15(9-11)23(20,21)18-13-6-4-12(5-7-13)10-16(19)22-2/h3-9,18H,10H2,1-2H3. The summed E-state index contributed by atoms with van der Waals surface area (Å²) in [6.45, 7) is 1.68. The highest BCUT2D eigenvalue weighted by Gasteiger charge is 2.19. The van der Waals surface area contributed by atoms with Gasteiger partial charge in [-0.1, -0.05) is 18.2 Å². The molecule has 0 heterocycles. The SMILES string of the molecule is COC(=O)Cc1ccc(NS(=O)(=O)c2cc(C)ccc2F)cc1. The first kappa shape index (κ1) is 17.0. The van der Waals surface area contributed by atoms with Gasteiger partial charge >= 0.3 is 5.97 Å². The molecule has 0 aliphatic heterocycles. The van der Waals surface area contributed by atoms with Gasteiger partial charge in [0.25, 0.3) is 10.0 Å². The molecule has 1 N–H and O–H groups in total. The normalized spacial score (nSPS) is 11.1. The summed E-state index contributed by atoms with van der Waals surface area (Å²) in [6.07, 6.45) is 0.0933. The van der Waals surface area contributed by atoms with Crippen LogP contribution in [0.25, 0.3) is 0 Å². The lowest BCUT2D eigenvalue weighted by Gasteiger charge is -2.10. The number of methoxy groups -OCH3 is 1. The highest BCUT2D eigenvalue weighted by Crippen LogP contribution is 2.20. The van der Waals surface area contributed by atoms with E-state index in [1.807, 2.05) is 0 Å². The Hall–Kier alpha value is -2.41. The van der Waals surface area contributed by atoms with Gasteiger partial charge in [0.2, 0.25) is 0 Å². The molecule has 0 bridgehead atoms. The highest BCUT2D eigenvalue weighted by molar-refractivity contribution is 7.92. The van der Waals surface area contributed by atoms with Crippen molar-refractivity contribution in [1.29, 1.82) is 0 Å². The van der Waals surface area contributed by atoms with Crippen molar-refractivity contribution in [2.75, 3.05) is 11.8 Å². The van der Waals surface area contributed by atoms with Gasteiger partial charge in [-0.25, -0.2) is 12.8 Å². The Morgan fingerprint density at radius 3 is 2.43 bits per heavy atom. The van der Waals surface area contributed by atoms with Crippen LogP contribution in [0.3, 0.4) is 0 Å². The molecule has 0 radical (unpaired) electrons. The summed E-state index contributed by atoms with van der Waals surface area (Å²) in [7, 11) is -2.73. The fourth-order valence-electron chi connectivity index (χ4n) is 1.96. The zero-order chi connectivity index (χ0) is 17.0. The van der Waals surface area contributed by atoms with Crippen molar-refractivity contribution in [3.8, 4) is 0 Å². The number of esters is 1. The van der Waals surface area contributed by atoms with Gasteiger partial charge in [0.05, 0.1) is 13.5 Å². The van der Waals surface area contributed by atoms with Gasteiger partial charge in [-0.15, -0.1) is 0 Å². The van der Waals surface area contributed by atoms with Crippen LogP contribution in [0.15, 0.2) is 47.4 Å². The van der Waals surface area contributed by atoms with E-state index < -0.39 is 20.7 Å². The molecule has 2 rings (SSSR count). The lowest BCUT2D eigenvalue weighted by molar-refractivity contribution is -0.139. The van der Waals surface area contributed by atoms with Crippen LogP contribution in [0.4, 0.5) is 10.1 Å². The molecular weight excluding hydrogens is 321 g/mol. The minimum Gasteiger partial charge on any atom is -0.469 e. The van der Waals surface area contributed by atoms with Gasteiger partial charge in [-0.3, -0.25) is 9.52 Å². The second-order valence-electron chi connectivity index (χ2n) is 4.99. The molecule has 23 heavy (non-hydrogen) atoms. The summed E-state index contributed by atoms with van der Waals surface area (Å²) < 4.78 is 45.1. The number of anilines is 1. The molecule has 122 valence electrons. The molecule has 0 fully saturated rings. The Labute approximate surface area is 134 Å². The summed E-state index contributed by atoms with van der Waals surface area (Å²) in [5, 5.41) is 0. The summed E-state index contributed by atoms with van der Waals surface area (Å²) >= 11 is 0. The number of halogens is 1. The van der Waals surface area contributed by atoms with Crippen molar-refractivity contribution in [2.45, 2.75) is 18.2 Å². The average molecular weight is 337 g/mol. The molecule has 0 aliphatic carbocycles. The number of rotatable bonds is 5. The number of carbonyl (C=O) groups excluding carboxylic acids is 1. The van der Waals surface area contributed by atoms with Gasteiger partial charge in [-0.2, -0.15) is 0 Å². The average Bonchev–Trinajstić information content (AvgIpc) is 2.51. The maximum atomic E-state index is 13.7. The molecule has 2 aromatic rings. The van der Waals surface area contributed by atoms with Gasteiger partial charge in [0.15, 0.2) is 0 Å². The van der Waals surface area contributed by atoms with Crippen molar-refractivity contribution in [3.05, 3.63) is 59.4 Å². The van der Waals surface area contributed by atoms with Gasteiger partial charge in [0.1, 0.15) is 10.7 Å². The molecule has 0 amide bonds. The Bertz CT molecular complexity index is 816. The summed E-state index contributed by atoms with van der Waals surface area (Å²) in [5.41, 5.74) is 1.60. The second-order valence-corrected chi connectivity index (χ2v) is 6.64. The van der Waals surface area contributed by atoms with E-state index in [9.17, 15) is 17.6 Å². The number of benzene rings is 2. The summed E-state index contributed by atoms with van der Waals surface area (Å²) in [5.74, 6) is -1.20. The number of ether oxygens (including phenoxy) is 1. The maximum Gasteiger partial charge on any atom is 0.309 e. The third kappa shape index (κ3) is 4.29. The number of sulfonamides is 1. The molecule has 7 heteroatoms. The zero-order valence-corrected chi connectivity index (χ0v) is 13.5. The number of aryl methyl sites for hydroxylation is 1. The van der Waals surface area contributed by atoms with Crippen LogP contribution < -0.4 is 4.72 Å². The lowest BCUT2D eigenvalue weighted by atomic mass is 10.1. The first-order valence-corrected chi connectivity index (χ1v) is 8.25. The largest absolute Gasteiger partial charge is 0.469 e. The van der Waals surface area contributed by atoms with E-state index in [-0.39, 0.29) is 18.1 Å². The minimum absolute atomic E-state index is 0.0933. The van der Waals surface area contributed by atoms with Crippen molar-refractivity contribution in [2.24, 2.45) is 0 Å². The minimum atomic E-state index is -4.02. The van der Waals surface area contributed by atoms with Crippen molar-refractivity contribution in [3.63, 3.8) is 0 Å². The first-order chi connectivity index (χ1) is 10.8. The van der Waals surface area contributed by atoms with Crippen LogP contribution in [0.2, 0.25) is 0 Å². The number of hydrogen-bond donors (Lipinski definition) is 1. The van der Waals surface area contributed by atoms with E-state index in [4.69, 9.17) is 0 Å². The first-order valence-electron chi connectivity index (χ1n) is 6.76. The van der Waals surface area contributed by atoms with E-state index in [2.05, 4.69) is 9.46 Å². The molecule has 5 nitrogen and oxygen atoms in total. The van der Waals surface area contributed by atoms with Crippen LogP contribution in [-0.4, -0.2) is 21.5 Å². The topological polar surface area (TPSA) is 72.5 Å². The highest BCUT2D eigenvalue weighted by atomic mass is 32.2. The maximum absolute atomic E-state index is 13.7. The van der Waals surface area contributed by atoms with E-state index in [1.54, 1.807) is 19.1 Å². The fraction of sp³-hybridized carbons (Fsp3) is 0.188. The third-order valence-corrected chi connectivity index (χ3v) is 4.55.